The molecule has 0 radical (unpaired) electrons. The Bertz CT molecular complexity index is 1330. The first-order valence-corrected chi connectivity index (χ1v) is 10.6. The highest BCUT2D eigenvalue weighted by Crippen LogP contribution is 2.33. The van der Waals surface area contributed by atoms with Gasteiger partial charge in [0.1, 0.15) is 5.75 Å². The van der Waals surface area contributed by atoms with Crippen LogP contribution in [0.4, 0.5) is 18.3 Å². The van der Waals surface area contributed by atoms with Gasteiger partial charge in [-0.15, -0.1) is 0 Å². The Balaban J connectivity index is 1.77. The molecule has 0 saturated carbocycles. The number of carbonyl (C=O) groups is 1. The van der Waals surface area contributed by atoms with Crippen LogP contribution in [0.5, 0.6) is 5.75 Å². The number of thiazole rings is 1. The van der Waals surface area contributed by atoms with Crippen LogP contribution in [0.3, 0.4) is 0 Å². The molecule has 5 nitrogen and oxygen atoms in total. The summed E-state index contributed by atoms with van der Waals surface area (Å²) in [4.78, 5) is 17.8. The predicted molar refractivity (Wildman–Crippen MR) is 123 cm³/mol. The van der Waals surface area contributed by atoms with E-state index >= 15 is 0 Å². The summed E-state index contributed by atoms with van der Waals surface area (Å²) in [6, 6.07) is 16.9. The molecule has 0 aliphatic rings. The summed E-state index contributed by atoms with van der Waals surface area (Å²) in [6.07, 6.45) is -3.10. The summed E-state index contributed by atoms with van der Waals surface area (Å²) in [5, 5.41) is 5.54. The molecule has 1 heterocycles. The van der Waals surface area contributed by atoms with Crippen LogP contribution in [0.25, 0.3) is 10.2 Å². The minimum Gasteiger partial charge on any atom is -0.497 e. The molecule has 4 aromatic rings. The maximum Gasteiger partial charge on any atom is 0.416 e. The zero-order chi connectivity index (χ0) is 23.6. The van der Waals surface area contributed by atoms with Gasteiger partial charge in [-0.05, 0) is 48.9 Å². The Hall–Kier alpha value is -3.72. The molecule has 9 heteroatoms. The number of halogens is 3. The lowest BCUT2D eigenvalue weighted by molar-refractivity contribution is -0.137. The van der Waals surface area contributed by atoms with Crippen molar-refractivity contribution in [1.29, 1.82) is 0 Å². The van der Waals surface area contributed by atoms with Crippen LogP contribution >= 0.6 is 11.3 Å². The fraction of sp³-hybridized carbons (Fsp3) is 0.125. The van der Waals surface area contributed by atoms with Gasteiger partial charge in [-0.2, -0.15) is 23.3 Å². The monoisotopic (exact) mass is 469 g/mol. The second-order valence-corrected chi connectivity index (χ2v) is 8.19. The Kier molecular flexibility index (Phi) is 6.15. The number of alkyl halides is 3. The van der Waals surface area contributed by atoms with Crippen molar-refractivity contribution in [3.05, 3.63) is 89.0 Å². The summed E-state index contributed by atoms with van der Waals surface area (Å²) in [6.45, 7) is 1.94. The number of benzene rings is 3. The molecule has 33 heavy (non-hydrogen) atoms. The van der Waals surface area contributed by atoms with Gasteiger partial charge in [-0.1, -0.05) is 47.2 Å². The molecule has 0 saturated heterocycles. The lowest BCUT2D eigenvalue weighted by atomic mass is 10.1. The van der Waals surface area contributed by atoms with Crippen molar-refractivity contribution in [2.24, 2.45) is 5.10 Å². The second kappa shape index (κ2) is 9.03. The summed E-state index contributed by atoms with van der Waals surface area (Å²) in [5.41, 5.74) is 1.34. The highest BCUT2D eigenvalue weighted by Gasteiger charge is 2.32. The number of aromatic nitrogens is 1. The SMILES string of the molecule is COc1ccc2nc(N(/N=C/c3ccc(C)cc3)C(=O)c3cccc(C(F)(F)F)c3)sc2c1. The number of amides is 1. The van der Waals surface area contributed by atoms with Crippen molar-refractivity contribution >= 4 is 38.8 Å². The minimum absolute atomic E-state index is 0.150. The minimum atomic E-state index is -4.57. The summed E-state index contributed by atoms with van der Waals surface area (Å²) >= 11 is 1.18. The Morgan fingerprint density at radius 1 is 1.09 bits per heavy atom. The van der Waals surface area contributed by atoms with Crippen molar-refractivity contribution in [2.45, 2.75) is 13.1 Å². The van der Waals surface area contributed by atoms with E-state index in [4.69, 9.17) is 4.74 Å². The molecule has 0 bridgehead atoms. The third-order valence-corrected chi connectivity index (χ3v) is 5.79. The lowest BCUT2D eigenvalue weighted by Crippen LogP contribution is -2.26. The Morgan fingerprint density at radius 3 is 2.55 bits per heavy atom. The first-order chi connectivity index (χ1) is 15.7. The summed E-state index contributed by atoms with van der Waals surface area (Å²) in [5.74, 6) is -0.105. The normalized spacial score (nSPS) is 11.8. The second-order valence-electron chi connectivity index (χ2n) is 7.18. The first kappa shape index (κ1) is 22.5. The topological polar surface area (TPSA) is 54.8 Å². The van der Waals surface area contributed by atoms with E-state index in [0.717, 1.165) is 33.0 Å². The van der Waals surface area contributed by atoms with Crippen molar-refractivity contribution < 1.29 is 22.7 Å². The Morgan fingerprint density at radius 2 is 1.85 bits per heavy atom. The molecule has 4 rings (SSSR count). The first-order valence-electron chi connectivity index (χ1n) is 9.81. The van der Waals surface area contributed by atoms with Crippen molar-refractivity contribution in [2.75, 3.05) is 12.1 Å². The fourth-order valence-corrected chi connectivity index (χ4v) is 3.98. The highest BCUT2D eigenvalue weighted by molar-refractivity contribution is 7.22. The van der Waals surface area contributed by atoms with Crippen LogP contribution < -0.4 is 9.75 Å². The number of rotatable bonds is 5. The van der Waals surface area contributed by atoms with E-state index < -0.39 is 17.6 Å². The third-order valence-electron chi connectivity index (χ3n) is 4.79. The van der Waals surface area contributed by atoms with Gasteiger partial charge in [-0.3, -0.25) is 4.79 Å². The number of methoxy groups -OCH3 is 1. The van der Waals surface area contributed by atoms with Crippen molar-refractivity contribution in [3.8, 4) is 5.75 Å². The molecule has 0 aliphatic carbocycles. The number of nitrogens with zero attached hydrogens (tertiary/aromatic N) is 3. The maximum atomic E-state index is 13.3. The van der Waals surface area contributed by atoms with Crippen LogP contribution in [0.15, 0.2) is 71.8 Å². The molecule has 168 valence electrons. The third kappa shape index (κ3) is 5.04. The quantitative estimate of drug-likeness (QED) is 0.254. The zero-order valence-corrected chi connectivity index (χ0v) is 18.4. The average molecular weight is 469 g/mol. The number of aryl methyl sites for hydroxylation is 1. The molecule has 0 aliphatic heterocycles. The van der Waals surface area contributed by atoms with Crippen LogP contribution in [0.2, 0.25) is 0 Å². The van der Waals surface area contributed by atoms with Crippen molar-refractivity contribution in [3.63, 3.8) is 0 Å². The lowest BCUT2D eigenvalue weighted by Gasteiger charge is -2.15. The molecule has 0 N–H and O–H groups in total. The number of carbonyl (C=O) groups excluding carboxylic acids is 1. The smallest absolute Gasteiger partial charge is 0.416 e. The average Bonchev–Trinajstić information content (AvgIpc) is 3.22. The number of fused-ring (bicyclic) bond motifs is 1. The molecule has 1 aromatic heterocycles. The van der Waals surface area contributed by atoms with Crippen LogP contribution in [-0.4, -0.2) is 24.2 Å². The molecular formula is C24H18F3N3O2S. The molecule has 0 atom stereocenters. The zero-order valence-electron chi connectivity index (χ0n) is 17.6. The van der Waals surface area contributed by atoms with Gasteiger partial charge in [0.2, 0.25) is 5.13 Å². The standard InChI is InChI=1S/C24H18F3N3O2S/c1-15-6-8-16(9-7-15)14-28-30(22(31)17-4-3-5-18(12-17)24(25,26)27)23-29-20-11-10-19(32-2)13-21(20)33-23/h3-14H,1-2H3/b28-14+. The van der Waals surface area contributed by atoms with Crippen LogP contribution in [-0.2, 0) is 6.18 Å². The molecule has 0 unspecified atom stereocenters. The number of ether oxygens (including phenoxy) is 1. The highest BCUT2D eigenvalue weighted by atomic mass is 32.1. The van der Waals surface area contributed by atoms with Crippen molar-refractivity contribution in [1.82, 2.24) is 4.98 Å². The van der Waals surface area contributed by atoms with E-state index in [0.29, 0.717) is 11.3 Å². The van der Waals surface area contributed by atoms with Crippen LogP contribution in [0.1, 0.15) is 27.0 Å². The number of hydrogen-bond acceptors (Lipinski definition) is 5. The number of hydrogen-bond donors (Lipinski definition) is 0. The van der Waals surface area contributed by atoms with E-state index in [1.807, 2.05) is 31.2 Å². The predicted octanol–water partition coefficient (Wildman–Crippen LogP) is 6.31. The number of anilines is 1. The largest absolute Gasteiger partial charge is 0.497 e. The van der Waals surface area contributed by atoms with E-state index in [2.05, 4.69) is 10.1 Å². The molecular weight excluding hydrogens is 451 g/mol. The van der Waals surface area contributed by atoms with Crippen LogP contribution in [0, 0.1) is 6.92 Å². The maximum absolute atomic E-state index is 13.3. The van der Waals surface area contributed by atoms with Gasteiger partial charge in [0.05, 0.1) is 29.1 Å². The summed E-state index contributed by atoms with van der Waals surface area (Å²) in [7, 11) is 1.54. The molecule has 1 amide bonds. The van der Waals surface area contributed by atoms with Gasteiger partial charge in [0.15, 0.2) is 0 Å². The van der Waals surface area contributed by atoms with Gasteiger partial charge < -0.3 is 4.74 Å². The van der Waals surface area contributed by atoms with Gasteiger partial charge >= 0.3 is 6.18 Å². The van der Waals surface area contributed by atoms with Gasteiger partial charge in [-0.25, -0.2) is 4.98 Å². The summed E-state index contributed by atoms with van der Waals surface area (Å²) < 4.78 is 45.6. The number of hydrazone groups is 1. The molecule has 0 fully saturated rings. The Labute approximate surface area is 191 Å². The van der Waals surface area contributed by atoms with Gasteiger partial charge in [0, 0.05) is 5.56 Å². The molecule has 3 aromatic carbocycles. The molecule has 0 spiro atoms. The van der Waals surface area contributed by atoms with E-state index in [-0.39, 0.29) is 10.7 Å². The van der Waals surface area contributed by atoms with Gasteiger partial charge in [0.25, 0.3) is 5.91 Å². The van der Waals surface area contributed by atoms with E-state index in [9.17, 15) is 18.0 Å². The van der Waals surface area contributed by atoms with E-state index in [1.54, 1.807) is 25.3 Å². The van der Waals surface area contributed by atoms with E-state index in [1.165, 1.54) is 29.7 Å². The fourth-order valence-electron chi connectivity index (χ4n) is 3.03.